The highest BCUT2D eigenvalue weighted by atomic mass is 127. The van der Waals surface area contributed by atoms with Crippen molar-refractivity contribution < 1.29 is 4.79 Å². The Bertz CT molecular complexity index is 643. The fourth-order valence-corrected chi connectivity index (χ4v) is 2.37. The van der Waals surface area contributed by atoms with E-state index in [-0.39, 0.29) is 5.91 Å². The number of pyridine rings is 1. The Morgan fingerprint density at radius 3 is 2.63 bits per heavy atom. The Balaban J connectivity index is 2.23. The van der Waals surface area contributed by atoms with E-state index in [1.54, 1.807) is 18.3 Å². The van der Waals surface area contributed by atoms with E-state index in [4.69, 9.17) is 11.6 Å². The van der Waals surface area contributed by atoms with Crippen LogP contribution in [0.5, 0.6) is 0 Å². The number of amides is 1. The molecule has 0 saturated heterocycles. The first-order valence-corrected chi connectivity index (χ1v) is 7.12. The van der Waals surface area contributed by atoms with Gasteiger partial charge in [-0.25, -0.2) is 4.98 Å². The molecule has 0 atom stereocenters. The van der Waals surface area contributed by atoms with Crippen LogP contribution in [0, 0.1) is 17.4 Å². The van der Waals surface area contributed by atoms with Gasteiger partial charge in [0.1, 0.15) is 5.82 Å². The summed E-state index contributed by atoms with van der Waals surface area (Å²) in [5.74, 6) is 0.362. The molecule has 1 amide bonds. The minimum atomic E-state index is -0.210. The molecule has 2 rings (SSSR count). The number of anilines is 1. The highest BCUT2D eigenvalue weighted by Gasteiger charge is 2.10. The zero-order valence-electron chi connectivity index (χ0n) is 10.5. The first kappa shape index (κ1) is 14.3. The summed E-state index contributed by atoms with van der Waals surface area (Å²) in [6.07, 6.45) is 1.71. The van der Waals surface area contributed by atoms with Crippen molar-refractivity contribution in [2.75, 3.05) is 5.32 Å². The number of halogens is 2. The summed E-state index contributed by atoms with van der Waals surface area (Å²) < 4.78 is 1.03. The van der Waals surface area contributed by atoms with Gasteiger partial charge < -0.3 is 5.32 Å². The molecule has 3 nitrogen and oxygen atoms in total. The van der Waals surface area contributed by atoms with E-state index in [0.717, 1.165) is 14.7 Å². The van der Waals surface area contributed by atoms with Crippen molar-refractivity contribution in [1.29, 1.82) is 0 Å². The van der Waals surface area contributed by atoms with Gasteiger partial charge in [0.15, 0.2) is 0 Å². The number of carbonyl (C=O) groups excluding carboxylic acids is 1. The molecular weight excluding hydrogens is 375 g/mol. The number of aromatic nitrogens is 1. The highest BCUT2D eigenvalue weighted by molar-refractivity contribution is 14.1. The van der Waals surface area contributed by atoms with Crippen molar-refractivity contribution in [3.63, 3.8) is 0 Å². The van der Waals surface area contributed by atoms with Gasteiger partial charge in [-0.1, -0.05) is 17.7 Å². The highest BCUT2D eigenvalue weighted by Crippen LogP contribution is 2.19. The van der Waals surface area contributed by atoms with Crippen LogP contribution in [0.4, 0.5) is 5.82 Å². The van der Waals surface area contributed by atoms with Gasteiger partial charge in [0.05, 0.1) is 0 Å². The van der Waals surface area contributed by atoms with Gasteiger partial charge in [0.25, 0.3) is 5.91 Å². The summed E-state index contributed by atoms with van der Waals surface area (Å²) in [6, 6.07) is 7.20. The predicted molar refractivity (Wildman–Crippen MR) is 85.8 cm³/mol. The van der Waals surface area contributed by atoms with Crippen LogP contribution in [0.15, 0.2) is 30.5 Å². The SMILES string of the molecule is Cc1ccc(C(=O)Nc2ncc(I)cc2C)cc1Cl. The van der Waals surface area contributed by atoms with Crippen LogP contribution in [-0.4, -0.2) is 10.9 Å². The standard InChI is InChI=1S/C14H12ClIN2O/c1-8-3-4-10(6-12(8)15)14(19)18-13-9(2)5-11(16)7-17-13/h3-7H,1-2H3,(H,17,18,19). The van der Waals surface area contributed by atoms with Gasteiger partial charge >= 0.3 is 0 Å². The molecule has 0 radical (unpaired) electrons. The molecule has 0 aliphatic heterocycles. The Morgan fingerprint density at radius 2 is 2.00 bits per heavy atom. The Labute approximate surface area is 130 Å². The molecule has 19 heavy (non-hydrogen) atoms. The van der Waals surface area contributed by atoms with Crippen molar-refractivity contribution in [1.82, 2.24) is 4.98 Å². The third-order valence-electron chi connectivity index (χ3n) is 2.71. The molecular formula is C14H12ClIN2O. The zero-order valence-corrected chi connectivity index (χ0v) is 13.4. The number of hydrogen-bond donors (Lipinski definition) is 1. The third kappa shape index (κ3) is 3.45. The van der Waals surface area contributed by atoms with Gasteiger partial charge in [-0.05, 0) is 65.8 Å². The van der Waals surface area contributed by atoms with E-state index >= 15 is 0 Å². The van der Waals surface area contributed by atoms with Gasteiger partial charge in [-0.3, -0.25) is 4.79 Å². The average Bonchev–Trinajstić information content (AvgIpc) is 2.36. The van der Waals surface area contributed by atoms with Crippen LogP contribution >= 0.6 is 34.2 Å². The smallest absolute Gasteiger partial charge is 0.256 e. The lowest BCUT2D eigenvalue weighted by Crippen LogP contribution is -2.14. The van der Waals surface area contributed by atoms with Crippen LogP contribution in [0.25, 0.3) is 0 Å². The molecule has 0 aliphatic rings. The number of rotatable bonds is 2. The van der Waals surface area contributed by atoms with Crippen molar-refractivity contribution >= 4 is 45.9 Å². The first-order chi connectivity index (χ1) is 8.97. The van der Waals surface area contributed by atoms with Crippen molar-refractivity contribution in [3.05, 3.63) is 55.7 Å². The molecule has 0 aliphatic carbocycles. The molecule has 0 unspecified atom stereocenters. The maximum atomic E-state index is 12.1. The average molecular weight is 387 g/mol. The lowest BCUT2D eigenvalue weighted by molar-refractivity contribution is 0.102. The number of hydrogen-bond acceptors (Lipinski definition) is 2. The molecule has 1 aromatic heterocycles. The molecule has 0 spiro atoms. The molecule has 0 saturated carbocycles. The largest absolute Gasteiger partial charge is 0.306 e. The second-order valence-corrected chi connectivity index (χ2v) is 5.89. The zero-order chi connectivity index (χ0) is 14.0. The maximum Gasteiger partial charge on any atom is 0.256 e. The predicted octanol–water partition coefficient (Wildman–Crippen LogP) is 4.21. The first-order valence-electron chi connectivity index (χ1n) is 5.67. The van der Waals surface area contributed by atoms with E-state index in [9.17, 15) is 4.79 Å². The lowest BCUT2D eigenvalue weighted by atomic mass is 10.1. The monoisotopic (exact) mass is 386 g/mol. The second-order valence-electron chi connectivity index (χ2n) is 4.24. The number of aryl methyl sites for hydroxylation is 2. The topological polar surface area (TPSA) is 42.0 Å². The van der Waals surface area contributed by atoms with Gasteiger partial charge in [-0.2, -0.15) is 0 Å². The molecule has 0 fully saturated rings. The lowest BCUT2D eigenvalue weighted by Gasteiger charge is -2.08. The van der Waals surface area contributed by atoms with Crippen molar-refractivity contribution in [2.45, 2.75) is 13.8 Å². The number of benzene rings is 1. The molecule has 0 bridgehead atoms. The summed E-state index contributed by atoms with van der Waals surface area (Å²) in [7, 11) is 0. The summed E-state index contributed by atoms with van der Waals surface area (Å²) in [5, 5.41) is 3.37. The van der Waals surface area contributed by atoms with Gasteiger partial charge in [0, 0.05) is 20.4 Å². The Hall–Kier alpha value is -1.14. The van der Waals surface area contributed by atoms with Crippen molar-refractivity contribution in [3.8, 4) is 0 Å². The minimum absolute atomic E-state index is 0.210. The summed E-state index contributed by atoms with van der Waals surface area (Å²) in [5.41, 5.74) is 2.40. The van der Waals surface area contributed by atoms with Crippen LogP contribution in [0.3, 0.4) is 0 Å². The maximum absolute atomic E-state index is 12.1. The number of nitrogens with one attached hydrogen (secondary N) is 1. The van der Waals surface area contributed by atoms with E-state index in [2.05, 4.69) is 32.9 Å². The van der Waals surface area contributed by atoms with Gasteiger partial charge in [0.2, 0.25) is 0 Å². The van der Waals surface area contributed by atoms with Crippen LogP contribution in [0.1, 0.15) is 21.5 Å². The van der Waals surface area contributed by atoms with Crippen LogP contribution in [-0.2, 0) is 0 Å². The van der Waals surface area contributed by atoms with Crippen molar-refractivity contribution in [2.24, 2.45) is 0 Å². The fraction of sp³-hybridized carbons (Fsp3) is 0.143. The van der Waals surface area contributed by atoms with E-state index in [1.165, 1.54) is 0 Å². The normalized spacial score (nSPS) is 10.3. The number of nitrogens with zero attached hydrogens (tertiary/aromatic N) is 1. The minimum Gasteiger partial charge on any atom is -0.306 e. The van der Waals surface area contributed by atoms with Gasteiger partial charge in [-0.15, -0.1) is 0 Å². The second kappa shape index (κ2) is 5.88. The Kier molecular flexibility index (Phi) is 4.42. The van der Waals surface area contributed by atoms with E-state index < -0.39 is 0 Å². The molecule has 98 valence electrons. The Morgan fingerprint density at radius 1 is 1.26 bits per heavy atom. The quantitative estimate of drug-likeness (QED) is 0.786. The molecule has 1 heterocycles. The molecule has 1 N–H and O–H groups in total. The fourth-order valence-electron chi connectivity index (χ4n) is 1.59. The summed E-state index contributed by atoms with van der Waals surface area (Å²) in [6.45, 7) is 3.81. The van der Waals surface area contributed by atoms with E-state index in [1.807, 2.05) is 26.0 Å². The number of carbonyl (C=O) groups is 1. The molecule has 5 heteroatoms. The summed E-state index contributed by atoms with van der Waals surface area (Å²) >= 11 is 8.20. The third-order valence-corrected chi connectivity index (χ3v) is 3.71. The molecule has 1 aromatic carbocycles. The van der Waals surface area contributed by atoms with Crippen LogP contribution < -0.4 is 5.32 Å². The summed E-state index contributed by atoms with van der Waals surface area (Å²) in [4.78, 5) is 16.3. The van der Waals surface area contributed by atoms with E-state index in [0.29, 0.717) is 16.4 Å². The van der Waals surface area contributed by atoms with Crippen LogP contribution in [0.2, 0.25) is 5.02 Å². The molecule has 2 aromatic rings.